The lowest BCUT2D eigenvalue weighted by Gasteiger charge is -2.45. The Balaban J connectivity index is 1.66. The minimum Gasteiger partial charge on any atom is -0.375 e. The number of amides is 1. The second kappa shape index (κ2) is 10.0. The van der Waals surface area contributed by atoms with Crippen LogP contribution in [0.5, 0.6) is 0 Å². The van der Waals surface area contributed by atoms with E-state index in [-0.39, 0.29) is 45.9 Å². The van der Waals surface area contributed by atoms with Gasteiger partial charge in [-0.15, -0.1) is 23.1 Å². The summed E-state index contributed by atoms with van der Waals surface area (Å²) in [5.41, 5.74) is 5.55. The number of fused-ring (bicyclic) bond motifs is 1. The van der Waals surface area contributed by atoms with Crippen LogP contribution in [0.1, 0.15) is 38.8 Å². The zero-order valence-electron chi connectivity index (χ0n) is 22.5. The molecule has 1 unspecified atom stereocenters. The molecule has 0 aliphatic carbocycles. The first kappa shape index (κ1) is 28.0. The zero-order chi connectivity index (χ0) is 29.4. The van der Waals surface area contributed by atoms with Gasteiger partial charge in [0.25, 0.3) is 0 Å². The number of nitrogen functional groups attached to an aromatic ring is 1. The van der Waals surface area contributed by atoms with E-state index in [1.807, 2.05) is 25.7 Å². The number of rotatable bonds is 4. The molecule has 0 bridgehead atoms. The molecule has 2 N–H and O–H groups in total. The Hall–Kier alpha value is -3.10. The van der Waals surface area contributed by atoms with Gasteiger partial charge in [0, 0.05) is 58.2 Å². The topological polar surface area (TPSA) is 97.4 Å². The monoisotopic (exact) mass is 620 g/mol. The van der Waals surface area contributed by atoms with Gasteiger partial charge in [-0.25, -0.2) is 9.78 Å². The van der Waals surface area contributed by atoms with Gasteiger partial charge >= 0.3 is 11.9 Å². The summed E-state index contributed by atoms with van der Waals surface area (Å²) in [6, 6.07) is 0.379. The van der Waals surface area contributed by atoms with Gasteiger partial charge in [0.15, 0.2) is 5.13 Å². The van der Waals surface area contributed by atoms with Crippen LogP contribution < -0.4 is 16.3 Å². The number of alkyl halides is 3. The summed E-state index contributed by atoms with van der Waals surface area (Å²) in [6.45, 7) is 9.89. The Morgan fingerprint density at radius 3 is 2.59 bits per heavy atom. The fraction of sp³-hybridized carbons (Fsp3) is 0.407. The van der Waals surface area contributed by atoms with Gasteiger partial charge in [0.05, 0.1) is 20.7 Å². The molecule has 8 nitrogen and oxygen atoms in total. The van der Waals surface area contributed by atoms with Crippen molar-refractivity contribution < 1.29 is 18.0 Å². The van der Waals surface area contributed by atoms with Gasteiger partial charge < -0.3 is 15.5 Å². The highest BCUT2D eigenvalue weighted by Gasteiger charge is 2.41. The number of nitrogens with two attached hydrogens (primary N) is 1. The van der Waals surface area contributed by atoms with Crippen molar-refractivity contribution in [2.75, 3.05) is 29.5 Å². The van der Waals surface area contributed by atoms with E-state index < -0.39 is 17.4 Å². The molecule has 2 aliphatic rings. The summed E-state index contributed by atoms with van der Waals surface area (Å²) in [5.74, 6) is 0.430. The Labute approximate surface area is 245 Å². The van der Waals surface area contributed by atoms with Crippen LogP contribution in [-0.4, -0.2) is 56.3 Å². The van der Waals surface area contributed by atoms with E-state index >= 15 is 0 Å². The van der Waals surface area contributed by atoms with Crippen LogP contribution in [0.25, 0.3) is 31.6 Å². The lowest BCUT2D eigenvalue weighted by Crippen LogP contribution is -2.58. The maximum Gasteiger partial charge on any atom is 0.417 e. The van der Waals surface area contributed by atoms with Gasteiger partial charge in [0.1, 0.15) is 11.3 Å². The number of benzene rings is 1. The molecule has 4 aromatic rings. The summed E-state index contributed by atoms with van der Waals surface area (Å²) in [7, 11) is 0. The molecule has 1 amide bonds. The van der Waals surface area contributed by atoms with Crippen molar-refractivity contribution in [1.29, 1.82) is 0 Å². The third-order valence-electron chi connectivity index (χ3n) is 7.75. The standard InChI is InChI=1S/C27H27F3N6O2S3/c1-5-14-10-39-23-19(22-20-17(11-40-22)41-25(31)32-20)16(27(28,29)30)7-15-21(23)36(14)26(38)33-24(15)34-8-12(3)35(13(4)9-34)18(37)6-2/h6-7,11-14H,2,5,8-10H2,1,3-4H3,(H2,31,32)/t12-,13+,14?. The van der Waals surface area contributed by atoms with Gasteiger partial charge in [-0.2, -0.15) is 18.2 Å². The number of halogens is 3. The van der Waals surface area contributed by atoms with E-state index in [4.69, 9.17) is 5.73 Å². The summed E-state index contributed by atoms with van der Waals surface area (Å²) in [5, 5.41) is 2.33. The number of carbonyl (C=O) groups is 1. The molecule has 5 heterocycles. The lowest BCUT2D eigenvalue weighted by molar-refractivity contribution is -0.137. The molecule has 1 aromatic carbocycles. The number of carbonyl (C=O) groups excluding carboxylic acids is 1. The number of aromatic nitrogens is 3. The van der Waals surface area contributed by atoms with Gasteiger partial charge in [-0.3, -0.25) is 9.36 Å². The van der Waals surface area contributed by atoms with Crippen molar-refractivity contribution in [2.45, 2.75) is 56.4 Å². The van der Waals surface area contributed by atoms with Crippen LogP contribution in [0.3, 0.4) is 0 Å². The highest BCUT2D eigenvalue weighted by molar-refractivity contribution is 7.99. The fourth-order valence-electron chi connectivity index (χ4n) is 6.05. The molecule has 1 saturated heterocycles. The largest absolute Gasteiger partial charge is 0.417 e. The Bertz CT molecular complexity index is 1770. The van der Waals surface area contributed by atoms with E-state index in [0.29, 0.717) is 46.1 Å². The number of thiophene rings is 1. The van der Waals surface area contributed by atoms with Crippen LogP contribution in [0, 0.1) is 0 Å². The summed E-state index contributed by atoms with van der Waals surface area (Å²) in [6.07, 6.45) is -2.80. The van der Waals surface area contributed by atoms with E-state index in [1.165, 1.54) is 40.5 Å². The summed E-state index contributed by atoms with van der Waals surface area (Å²) in [4.78, 5) is 39.2. The quantitative estimate of drug-likeness (QED) is 0.280. The maximum absolute atomic E-state index is 14.9. The average molecular weight is 621 g/mol. The molecule has 3 atom stereocenters. The van der Waals surface area contributed by atoms with Crippen molar-refractivity contribution in [3.05, 3.63) is 40.1 Å². The number of piperazine rings is 1. The van der Waals surface area contributed by atoms with Crippen LogP contribution >= 0.6 is 34.4 Å². The molecule has 0 saturated carbocycles. The van der Waals surface area contributed by atoms with E-state index in [0.717, 1.165) is 10.8 Å². The van der Waals surface area contributed by atoms with Crippen molar-refractivity contribution in [3.8, 4) is 10.4 Å². The molecule has 6 rings (SSSR count). The second-order valence-electron chi connectivity index (χ2n) is 10.4. The first-order valence-corrected chi connectivity index (χ1v) is 15.8. The summed E-state index contributed by atoms with van der Waals surface area (Å²) < 4.78 is 47.0. The van der Waals surface area contributed by atoms with Crippen molar-refractivity contribution in [3.63, 3.8) is 0 Å². The highest BCUT2D eigenvalue weighted by atomic mass is 32.2. The summed E-state index contributed by atoms with van der Waals surface area (Å²) >= 11 is 3.77. The number of thiazole rings is 1. The number of hydrogen-bond acceptors (Lipinski definition) is 9. The van der Waals surface area contributed by atoms with Crippen LogP contribution in [-0.2, 0) is 11.0 Å². The number of anilines is 2. The molecule has 41 heavy (non-hydrogen) atoms. The first-order valence-electron chi connectivity index (χ1n) is 13.1. The van der Waals surface area contributed by atoms with Gasteiger partial charge in [-0.05, 0) is 32.4 Å². The van der Waals surface area contributed by atoms with Crippen molar-refractivity contribution in [2.24, 2.45) is 0 Å². The van der Waals surface area contributed by atoms with Crippen LogP contribution in [0.4, 0.5) is 24.1 Å². The predicted molar refractivity (Wildman–Crippen MR) is 160 cm³/mol. The van der Waals surface area contributed by atoms with E-state index in [9.17, 15) is 22.8 Å². The SMILES string of the molecule is C=CC(=O)N1[C@H](C)CN(c2nc(=O)n3c4c(c(-c5scc6sc(N)nc56)c(C(F)(F)F)cc24)SCC3CC)C[C@@H]1C. The van der Waals surface area contributed by atoms with E-state index in [2.05, 4.69) is 16.5 Å². The first-order chi connectivity index (χ1) is 19.4. The molecule has 0 radical (unpaired) electrons. The van der Waals surface area contributed by atoms with Crippen molar-refractivity contribution in [1.82, 2.24) is 19.4 Å². The van der Waals surface area contributed by atoms with Crippen molar-refractivity contribution >= 4 is 72.4 Å². The Kier molecular flexibility index (Phi) is 6.85. The molecule has 216 valence electrons. The average Bonchev–Trinajstić information content (AvgIpc) is 3.47. The molecule has 14 heteroatoms. The minimum atomic E-state index is -4.69. The second-order valence-corrected chi connectivity index (χ2v) is 13.3. The number of thioether (sulfide) groups is 1. The third kappa shape index (κ3) is 4.41. The lowest BCUT2D eigenvalue weighted by atomic mass is 9.99. The maximum atomic E-state index is 14.9. The minimum absolute atomic E-state index is 0.0308. The van der Waals surface area contributed by atoms with Gasteiger partial charge in [-0.1, -0.05) is 24.8 Å². The van der Waals surface area contributed by atoms with E-state index in [1.54, 1.807) is 14.8 Å². The normalized spacial score (nSPS) is 21.2. The van der Waals surface area contributed by atoms with Gasteiger partial charge in [0.2, 0.25) is 5.91 Å². The Morgan fingerprint density at radius 2 is 1.95 bits per heavy atom. The molecule has 2 aliphatic heterocycles. The number of nitrogens with zero attached hydrogens (tertiary/aromatic N) is 5. The molecular weight excluding hydrogens is 594 g/mol. The Morgan fingerprint density at radius 1 is 1.24 bits per heavy atom. The number of hydrogen-bond donors (Lipinski definition) is 1. The predicted octanol–water partition coefficient (Wildman–Crippen LogP) is 6.00. The highest BCUT2D eigenvalue weighted by Crippen LogP contribution is 2.53. The molecule has 1 fully saturated rings. The van der Waals surface area contributed by atoms with Crippen LogP contribution in [0.15, 0.2) is 33.8 Å². The molecule has 3 aromatic heterocycles. The molecule has 0 spiro atoms. The fourth-order valence-corrected chi connectivity index (χ4v) is 9.51. The third-order valence-corrected chi connectivity index (χ3v) is 11.0. The molecular formula is C27H27F3N6O2S3. The smallest absolute Gasteiger partial charge is 0.375 e. The van der Waals surface area contributed by atoms with Crippen LogP contribution in [0.2, 0.25) is 0 Å². The zero-order valence-corrected chi connectivity index (χ0v) is 24.9.